The molecule has 3 N–H and O–H groups in total. The summed E-state index contributed by atoms with van der Waals surface area (Å²) in [6.45, 7) is 5.57. The molecule has 0 radical (unpaired) electrons. The Morgan fingerprint density at radius 2 is 2.09 bits per heavy atom. The van der Waals surface area contributed by atoms with E-state index in [4.69, 9.17) is 5.73 Å². The first-order valence-electron chi connectivity index (χ1n) is 6.70. The van der Waals surface area contributed by atoms with E-state index in [-0.39, 0.29) is 24.2 Å². The molecular weight excluding hydrogens is 324 g/mol. The maximum atomic E-state index is 12.4. The van der Waals surface area contributed by atoms with E-state index in [1.54, 1.807) is 28.8 Å². The molecule has 2 rings (SSSR count). The van der Waals surface area contributed by atoms with Crippen LogP contribution in [0.15, 0.2) is 18.3 Å². The van der Waals surface area contributed by atoms with Crippen molar-refractivity contribution in [3.05, 3.63) is 18.3 Å². The number of anilines is 2. The van der Waals surface area contributed by atoms with Crippen LogP contribution in [0, 0.1) is 5.41 Å². The molecule has 0 saturated carbocycles. The third-order valence-corrected chi connectivity index (χ3v) is 4.15. The highest BCUT2D eigenvalue weighted by molar-refractivity contribution is 7.99. The quantitative estimate of drug-likeness (QED) is 0.856. The molecule has 1 unspecified atom stereocenters. The lowest BCUT2D eigenvalue weighted by molar-refractivity contribution is -0.143. The maximum absolute atomic E-state index is 12.4. The number of carbonyl (C=O) groups is 2. The van der Waals surface area contributed by atoms with E-state index in [2.05, 4.69) is 10.3 Å². The molecular formula is C14H21ClN4O2S. The first-order chi connectivity index (χ1) is 9.79. The second kappa shape index (κ2) is 7.19. The molecule has 1 aromatic rings. The third-order valence-electron chi connectivity index (χ3n) is 3.14. The van der Waals surface area contributed by atoms with Gasteiger partial charge in [0.05, 0.1) is 17.8 Å². The van der Waals surface area contributed by atoms with Gasteiger partial charge in [-0.3, -0.25) is 9.59 Å². The molecule has 0 aliphatic carbocycles. The standard InChI is InChI=1S/C14H20N4O2S.ClH/c1-14(2,3)13(20)18-8-21-7-10(18)12(19)17-9-4-5-11(15)16-6-9;/h4-6,10H,7-8H2,1-3H3,(H2,15,16)(H,17,19);1H. The first-order valence-corrected chi connectivity index (χ1v) is 7.86. The first kappa shape index (κ1) is 18.6. The number of halogens is 1. The summed E-state index contributed by atoms with van der Waals surface area (Å²) in [5, 5.41) is 2.78. The lowest BCUT2D eigenvalue weighted by atomic mass is 9.94. The minimum atomic E-state index is -0.494. The van der Waals surface area contributed by atoms with Crippen molar-refractivity contribution in [2.45, 2.75) is 26.8 Å². The highest BCUT2D eigenvalue weighted by Gasteiger charge is 2.38. The van der Waals surface area contributed by atoms with Gasteiger partial charge < -0.3 is 16.0 Å². The number of nitrogens with one attached hydrogen (secondary N) is 1. The van der Waals surface area contributed by atoms with Crippen molar-refractivity contribution in [1.82, 2.24) is 9.88 Å². The van der Waals surface area contributed by atoms with E-state index in [9.17, 15) is 9.59 Å². The van der Waals surface area contributed by atoms with Crippen molar-refractivity contribution >= 4 is 47.5 Å². The minimum absolute atomic E-state index is 0. The molecule has 122 valence electrons. The van der Waals surface area contributed by atoms with E-state index in [0.717, 1.165) is 0 Å². The molecule has 0 aromatic carbocycles. The number of aromatic nitrogens is 1. The van der Waals surface area contributed by atoms with E-state index >= 15 is 0 Å². The Hall–Kier alpha value is -1.47. The SMILES string of the molecule is CC(C)(C)C(=O)N1CSCC1C(=O)Nc1ccc(N)nc1.Cl. The van der Waals surface area contributed by atoms with Crippen LogP contribution in [-0.4, -0.2) is 39.4 Å². The van der Waals surface area contributed by atoms with Crippen LogP contribution in [0.5, 0.6) is 0 Å². The van der Waals surface area contributed by atoms with Gasteiger partial charge in [0.2, 0.25) is 11.8 Å². The van der Waals surface area contributed by atoms with Gasteiger partial charge in [0.15, 0.2) is 0 Å². The van der Waals surface area contributed by atoms with Gasteiger partial charge in [-0.25, -0.2) is 4.98 Å². The van der Waals surface area contributed by atoms with Gasteiger partial charge in [0, 0.05) is 11.2 Å². The Bertz CT molecular complexity index is 545. The maximum Gasteiger partial charge on any atom is 0.248 e. The highest BCUT2D eigenvalue weighted by atomic mass is 35.5. The Morgan fingerprint density at radius 1 is 1.41 bits per heavy atom. The number of rotatable bonds is 2. The highest BCUT2D eigenvalue weighted by Crippen LogP contribution is 2.28. The van der Waals surface area contributed by atoms with Crippen LogP contribution in [0.2, 0.25) is 0 Å². The average Bonchev–Trinajstić information content (AvgIpc) is 2.88. The van der Waals surface area contributed by atoms with Gasteiger partial charge in [-0.05, 0) is 12.1 Å². The number of amides is 2. The molecule has 1 aliphatic rings. The summed E-state index contributed by atoms with van der Waals surface area (Å²) in [6, 6.07) is 2.87. The van der Waals surface area contributed by atoms with Crippen LogP contribution < -0.4 is 11.1 Å². The molecule has 6 nitrogen and oxygen atoms in total. The summed E-state index contributed by atoms with van der Waals surface area (Å²) in [6.07, 6.45) is 1.51. The fourth-order valence-corrected chi connectivity index (χ4v) is 3.15. The largest absolute Gasteiger partial charge is 0.384 e. The number of pyridine rings is 1. The van der Waals surface area contributed by atoms with E-state index < -0.39 is 11.5 Å². The lowest BCUT2D eigenvalue weighted by Gasteiger charge is -2.29. The second-order valence-corrected chi connectivity index (χ2v) is 7.00. The third kappa shape index (κ3) is 4.27. The molecule has 22 heavy (non-hydrogen) atoms. The number of hydrogen-bond acceptors (Lipinski definition) is 5. The van der Waals surface area contributed by atoms with Crippen molar-refractivity contribution < 1.29 is 9.59 Å². The summed E-state index contributed by atoms with van der Waals surface area (Å²) in [5.41, 5.74) is 5.59. The molecule has 1 aliphatic heterocycles. The molecule has 0 spiro atoms. The summed E-state index contributed by atoms with van der Waals surface area (Å²) >= 11 is 1.58. The van der Waals surface area contributed by atoms with Gasteiger partial charge in [-0.2, -0.15) is 0 Å². The molecule has 1 fully saturated rings. The van der Waals surface area contributed by atoms with Crippen LogP contribution in [-0.2, 0) is 9.59 Å². The zero-order chi connectivity index (χ0) is 15.6. The molecule has 1 aromatic heterocycles. The van der Waals surface area contributed by atoms with Gasteiger partial charge in [-0.15, -0.1) is 24.2 Å². The average molecular weight is 345 g/mol. The Balaban J connectivity index is 0.00000242. The van der Waals surface area contributed by atoms with Crippen LogP contribution >= 0.6 is 24.2 Å². The van der Waals surface area contributed by atoms with E-state index in [1.807, 2.05) is 20.8 Å². The van der Waals surface area contributed by atoms with Crippen molar-refractivity contribution in [1.29, 1.82) is 0 Å². The lowest BCUT2D eigenvalue weighted by Crippen LogP contribution is -2.48. The molecule has 1 saturated heterocycles. The fourth-order valence-electron chi connectivity index (χ4n) is 2.00. The normalized spacial score (nSPS) is 17.8. The smallest absolute Gasteiger partial charge is 0.248 e. The number of nitrogens with zero attached hydrogens (tertiary/aromatic N) is 2. The van der Waals surface area contributed by atoms with E-state index in [0.29, 0.717) is 23.1 Å². The predicted molar refractivity (Wildman–Crippen MR) is 91.9 cm³/mol. The summed E-state index contributed by atoms with van der Waals surface area (Å²) in [7, 11) is 0. The number of hydrogen-bond donors (Lipinski definition) is 2. The Morgan fingerprint density at radius 3 is 2.64 bits per heavy atom. The number of carbonyl (C=O) groups excluding carboxylic acids is 2. The van der Waals surface area contributed by atoms with Crippen LogP contribution in [0.4, 0.5) is 11.5 Å². The van der Waals surface area contributed by atoms with Gasteiger partial charge >= 0.3 is 0 Å². The predicted octanol–water partition coefficient (Wildman–Crippen LogP) is 1.97. The Labute approximate surface area is 140 Å². The summed E-state index contributed by atoms with van der Waals surface area (Å²) < 4.78 is 0. The monoisotopic (exact) mass is 344 g/mol. The zero-order valence-electron chi connectivity index (χ0n) is 12.8. The van der Waals surface area contributed by atoms with Gasteiger partial charge in [-0.1, -0.05) is 20.8 Å². The molecule has 0 bridgehead atoms. The second-order valence-electron chi connectivity index (χ2n) is 6.00. The van der Waals surface area contributed by atoms with Crippen molar-refractivity contribution in [2.24, 2.45) is 5.41 Å². The van der Waals surface area contributed by atoms with Crippen LogP contribution in [0.25, 0.3) is 0 Å². The summed E-state index contributed by atoms with van der Waals surface area (Å²) in [4.78, 5) is 30.3. The zero-order valence-corrected chi connectivity index (χ0v) is 14.5. The minimum Gasteiger partial charge on any atom is -0.384 e. The molecule has 8 heteroatoms. The van der Waals surface area contributed by atoms with Crippen LogP contribution in [0.1, 0.15) is 20.8 Å². The number of nitrogen functional groups attached to an aromatic ring is 1. The van der Waals surface area contributed by atoms with Crippen molar-refractivity contribution in [3.63, 3.8) is 0 Å². The van der Waals surface area contributed by atoms with Gasteiger partial charge in [0.25, 0.3) is 0 Å². The molecule has 2 heterocycles. The summed E-state index contributed by atoms with van der Waals surface area (Å²) in [5.74, 6) is 1.35. The van der Waals surface area contributed by atoms with Gasteiger partial charge in [0.1, 0.15) is 11.9 Å². The number of thioether (sulfide) groups is 1. The molecule has 1 atom stereocenters. The topological polar surface area (TPSA) is 88.3 Å². The fraction of sp³-hybridized carbons (Fsp3) is 0.500. The number of nitrogens with two attached hydrogens (primary N) is 1. The van der Waals surface area contributed by atoms with Crippen molar-refractivity contribution in [2.75, 3.05) is 22.7 Å². The van der Waals surface area contributed by atoms with Crippen LogP contribution in [0.3, 0.4) is 0 Å². The Kier molecular flexibility index (Phi) is 6.08. The van der Waals surface area contributed by atoms with Crippen molar-refractivity contribution in [3.8, 4) is 0 Å². The molecule has 2 amide bonds. The van der Waals surface area contributed by atoms with E-state index in [1.165, 1.54) is 6.20 Å².